The van der Waals surface area contributed by atoms with Gasteiger partial charge in [-0.1, -0.05) is 0 Å². The average Bonchev–Trinajstić information content (AvgIpc) is 3.52. The number of aryl methyl sites for hydroxylation is 2. The fourth-order valence-corrected chi connectivity index (χ4v) is 3.60. The minimum Gasteiger partial charge on any atom is -0.453 e. The molecule has 1 unspecified atom stereocenters. The molecule has 0 spiro atoms. The average molecular weight is 364 g/mol. The Morgan fingerprint density at radius 2 is 1.85 bits per heavy atom. The van der Waals surface area contributed by atoms with Crippen molar-refractivity contribution in [3.05, 3.63) is 40.2 Å². The number of primary amides is 1. The van der Waals surface area contributed by atoms with Gasteiger partial charge in [0.2, 0.25) is 5.91 Å². The third-order valence-electron chi connectivity index (χ3n) is 5.47. The lowest BCUT2D eigenvalue weighted by molar-refractivity contribution is -0.121. The smallest absolute Gasteiger partial charge is 0.242 e. The number of ether oxygens (including phenoxy) is 1. The van der Waals surface area contributed by atoms with Crippen molar-refractivity contribution in [2.75, 3.05) is 0 Å². The second-order valence-corrected chi connectivity index (χ2v) is 7.82. The summed E-state index contributed by atoms with van der Waals surface area (Å²) in [5, 5.41) is 14.1. The summed E-state index contributed by atoms with van der Waals surface area (Å²) < 4.78 is 8.15. The van der Waals surface area contributed by atoms with Crippen LogP contribution in [0.4, 0.5) is 0 Å². The number of benzene rings is 1. The number of aromatic nitrogens is 2. The molecule has 2 N–H and O–H groups in total. The van der Waals surface area contributed by atoms with Crippen LogP contribution in [0.25, 0.3) is 0 Å². The number of nitrogens with two attached hydrogens (primary N) is 1. The zero-order valence-electron chi connectivity index (χ0n) is 16.0. The summed E-state index contributed by atoms with van der Waals surface area (Å²) in [7, 11) is 0. The Bertz CT molecular complexity index is 938. The number of nitriles is 1. The summed E-state index contributed by atoms with van der Waals surface area (Å²) in [5.41, 5.74) is 9.96. The van der Waals surface area contributed by atoms with Gasteiger partial charge in [-0.15, -0.1) is 0 Å². The molecule has 0 bridgehead atoms. The Kier molecular flexibility index (Phi) is 4.18. The van der Waals surface area contributed by atoms with Crippen molar-refractivity contribution in [1.82, 2.24) is 9.78 Å². The Balaban J connectivity index is 1.80. The first-order valence-electron chi connectivity index (χ1n) is 9.51. The molecule has 1 heterocycles. The number of carbonyl (C=O) groups is 1. The van der Waals surface area contributed by atoms with Crippen molar-refractivity contribution in [2.24, 2.45) is 5.73 Å². The summed E-state index contributed by atoms with van der Waals surface area (Å²) >= 11 is 0. The lowest BCUT2D eigenvalue weighted by Crippen LogP contribution is -2.26. The second-order valence-electron chi connectivity index (χ2n) is 7.82. The van der Waals surface area contributed by atoms with Crippen LogP contribution in [0, 0.1) is 25.2 Å². The van der Waals surface area contributed by atoms with E-state index in [9.17, 15) is 10.1 Å². The SMILES string of the molecule is Cc1cc(Oc2c(C3CC3)nn(C(C)C(N)=O)c2C2CC2)cc(C)c1C#N. The highest BCUT2D eigenvalue weighted by Crippen LogP contribution is 2.52. The predicted octanol–water partition coefficient (Wildman–Crippen LogP) is 3.97. The largest absolute Gasteiger partial charge is 0.453 e. The highest BCUT2D eigenvalue weighted by atomic mass is 16.5. The van der Waals surface area contributed by atoms with E-state index in [1.54, 1.807) is 11.6 Å². The molecule has 1 amide bonds. The highest BCUT2D eigenvalue weighted by molar-refractivity contribution is 5.78. The molecule has 2 aliphatic carbocycles. The predicted molar refractivity (Wildman–Crippen MR) is 101 cm³/mol. The molecule has 0 aliphatic heterocycles. The third kappa shape index (κ3) is 3.18. The molecule has 0 radical (unpaired) electrons. The maximum Gasteiger partial charge on any atom is 0.242 e. The van der Waals surface area contributed by atoms with Crippen molar-refractivity contribution in [3.63, 3.8) is 0 Å². The van der Waals surface area contributed by atoms with Crippen LogP contribution in [0.15, 0.2) is 12.1 Å². The fourth-order valence-electron chi connectivity index (χ4n) is 3.60. The molecular weight excluding hydrogens is 340 g/mol. The quantitative estimate of drug-likeness (QED) is 0.839. The molecule has 6 heteroatoms. The second kappa shape index (κ2) is 6.41. The van der Waals surface area contributed by atoms with Crippen LogP contribution in [0.2, 0.25) is 0 Å². The zero-order chi connectivity index (χ0) is 19.3. The van der Waals surface area contributed by atoms with E-state index in [0.717, 1.165) is 53.9 Å². The Morgan fingerprint density at radius 1 is 1.26 bits per heavy atom. The first-order valence-corrected chi connectivity index (χ1v) is 9.51. The van der Waals surface area contributed by atoms with Crippen molar-refractivity contribution in [3.8, 4) is 17.6 Å². The lowest BCUT2D eigenvalue weighted by Gasteiger charge is -2.14. The first kappa shape index (κ1) is 17.6. The fraction of sp³-hybridized carbons (Fsp3) is 0.476. The molecular formula is C21H24N4O2. The standard InChI is InChI=1S/C21H24N4O2/c1-11-8-16(9-12(2)17(11)10-22)27-20-18(14-4-5-14)24-25(13(3)21(23)26)19(20)15-6-7-15/h8-9,13-15H,4-7H2,1-3H3,(H2,23,26). The lowest BCUT2D eigenvalue weighted by atomic mass is 10.0. The summed E-state index contributed by atoms with van der Waals surface area (Å²) in [4.78, 5) is 11.8. The van der Waals surface area contributed by atoms with Crippen LogP contribution in [0.5, 0.6) is 11.5 Å². The van der Waals surface area contributed by atoms with Crippen molar-refractivity contribution < 1.29 is 9.53 Å². The Morgan fingerprint density at radius 3 is 2.33 bits per heavy atom. The van der Waals surface area contributed by atoms with Gasteiger partial charge in [-0.05, 0) is 69.7 Å². The summed E-state index contributed by atoms with van der Waals surface area (Å²) in [6.45, 7) is 5.62. The molecule has 2 aromatic rings. The Labute approximate surface area is 158 Å². The van der Waals surface area contributed by atoms with E-state index in [-0.39, 0.29) is 0 Å². The van der Waals surface area contributed by atoms with Crippen LogP contribution in [0.1, 0.15) is 78.6 Å². The molecule has 27 heavy (non-hydrogen) atoms. The van der Waals surface area contributed by atoms with Crippen molar-refractivity contribution in [1.29, 1.82) is 5.26 Å². The third-order valence-corrected chi connectivity index (χ3v) is 5.47. The zero-order valence-corrected chi connectivity index (χ0v) is 16.0. The van der Waals surface area contributed by atoms with Gasteiger partial charge in [0.05, 0.1) is 17.3 Å². The van der Waals surface area contributed by atoms with E-state index in [1.807, 2.05) is 26.0 Å². The number of hydrogen-bond acceptors (Lipinski definition) is 4. The molecule has 1 atom stereocenters. The van der Waals surface area contributed by atoms with E-state index in [2.05, 4.69) is 6.07 Å². The molecule has 2 saturated carbocycles. The maximum atomic E-state index is 11.8. The van der Waals surface area contributed by atoms with Crippen molar-refractivity contribution >= 4 is 5.91 Å². The van der Waals surface area contributed by atoms with E-state index >= 15 is 0 Å². The van der Waals surface area contributed by atoms with Gasteiger partial charge in [0.1, 0.15) is 17.5 Å². The van der Waals surface area contributed by atoms with Gasteiger partial charge >= 0.3 is 0 Å². The molecule has 1 aromatic heterocycles. The van der Waals surface area contributed by atoms with E-state index in [0.29, 0.717) is 23.1 Å². The van der Waals surface area contributed by atoms with Gasteiger partial charge in [0.25, 0.3) is 0 Å². The topological polar surface area (TPSA) is 93.9 Å². The molecule has 1 aromatic carbocycles. The molecule has 0 saturated heterocycles. The number of amides is 1. The van der Waals surface area contributed by atoms with Crippen molar-refractivity contribution in [2.45, 2.75) is 64.3 Å². The van der Waals surface area contributed by atoms with Crippen LogP contribution < -0.4 is 10.5 Å². The van der Waals surface area contributed by atoms with Crippen LogP contribution in [-0.4, -0.2) is 15.7 Å². The first-order chi connectivity index (χ1) is 12.9. The van der Waals surface area contributed by atoms with Crippen LogP contribution in [0.3, 0.4) is 0 Å². The molecule has 6 nitrogen and oxygen atoms in total. The maximum absolute atomic E-state index is 11.8. The van der Waals surface area contributed by atoms with Gasteiger partial charge in [-0.3, -0.25) is 9.48 Å². The molecule has 2 fully saturated rings. The number of hydrogen-bond donors (Lipinski definition) is 1. The van der Waals surface area contributed by atoms with Gasteiger partial charge in [-0.25, -0.2) is 0 Å². The number of nitrogens with zero attached hydrogens (tertiary/aromatic N) is 3. The van der Waals surface area contributed by atoms with Gasteiger partial charge < -0.3 is 10.5 Å². The van der Waals surface area contributed by atoms with Gasteiger partial charge in [0.15, 0.2) is 5.75 Å². The number of carbonyl (C=O) groups excluding carboxylic acids is 1. The highest BCUT2D eigenvalue weighted by Gasteiger charge is 2.40. The van der Waals surface area contributed by atoms with E-state index < -0.39 is 11.9 Å². The minimum atomic E-state index is -0.500. The summed E-state index contributed by atoms with van der Waals surface area (Å²) in [5.74, 6) is 1.86. The molecule has 140 valence electrons. The van der Waals surface area contributed by atoms with Crippen LogP contribution in [-0.2, 0) is 4.79 Å². The van der Waals surface area contributed by atoms with Crippen LogP contribution >= 0.6 is 0 Å². The normalized spacial score (nSPS) is 17.4. The minimum absolute atomic E-state index is 0.363. The van der Waals surface area contributed by atoms with E-state index in [1.165, 1.54) is 0 Å². The molecule has 4 rings (SSSR count). The van der Waals surface area contributed by atoms with E-state index in [4.69, 9.17) is 15.6 Å². The number of rotatable bonds is 6. The summed E-state index contributed by atoms with van der Waals surface area (Å²) in [6, 6.07) is 5.54. The summed E-state index contributed by atoms with van der Waals surface area (Å²) in [6.07, 6.45) is 4.33. The monoisotopic (exact) mass is 364 g/mol. The van der Waals surface area contributed by atoms with Gasteiger partial charge in [-0.2, -0.15) is 10.4 Å². The Hall–Kier alpha value is -2.81. The van der Waals surface area contributed by atoms with Gasteiger partial charge in [0, 0.05) is 11.8 Å². The molecule has 2 aliphatic rings.